The first-order valence-corrected chi connectivity index (χ1v) is 11.4. The van der Waals surface area contributed by atoms with Crippen molar-refractivity contribution in [3.05, 3.63) is 70.6 Å². The molecule has 2 aromatic heterocycles. The molecule has 0 saturated heterocycles. The number of hydrogen-bond acceptors (Lipinski definition) is 6. The minimum atomic E-state index is -0.805. The van der Waals surface area contributed by atoms with E-state index >= 15 is 0 Å². The number of amides is 2. The molecule has 8 heteroatoms. The quantitative estimate of drug-likeness (QED) is 0.595. The predicted molar refractivity (Wildman–Crippen MR) is 117 cm³/mol. The van der Waals surface area contributed by atoms with Crippen molar-refractivity contribution in [3.63, 3.8) is 0 Å². The van der Waals surface area contributed by atoms with E-state index in [4.69, 9.17) is 4.42 Å². The summed E-state index contributed by atoms with van der Waals surface area (Å²) >= 11 is 1.11. The van der Waals surface area contributed by atoms with Crippen molar-refractivity contribution in [2.45, 2.75) is 57.7 Å². The number of hydrogen-bond donors (Lipinski definition) is 1. The van der Waals surface area contributed by atoms with Crippen LogP contribution >= 0.6 is 11.5 Å². The normalized spacial score (nSPS) is 15.4. The second-order valence-corrected chi connectivity index (χ2v) is 8.57. The Balaban J connectivity index is 1.71. The zero-order valence-electron chi connectivity index (χ0n) is 17.5. The Hall–Kier alpha value is -3.00. The largest absolute Gasteiger partial charge is 0.467 e. The molecule has 0 bridgehead atoms. The number of benzene rings is 1. The summed E-state index contributed by atoms with van der Waals surface area (Å²) in [4.78, 5) is 28.6. The van der Waals surface area contributed by atoms with Gasteiger partial charge in [0.2, 0.25) is 5.91 Å². The Bertz CT molecular complexity index is 998. The van der Waals surface area contributed by atoms with Crippen molar-refractivity contribution in [1.82, 2.24) is 19.8 Å². The molecule has 1 atom stereocenters. The van der Waals surface area contributed by atoms with Gasteiger partial charge < -0.3 is 14.6 Å². The fraction of sp³-hybridized carbons (Fsp3) is 0.391. The van der Waals surface area contributed by atoms with E-state index < -0.39 is 6.04 Å². The number of furan rings is 1. The van der Waals surface area contributed by atoms with Crippen molar-refractivity contribution in [2.75, 3.05) is 0 Å². The third kappa shape index (κ3) is 5.19. The molecule has 1 saturated carbocycles. The van der Waals surface area contributed by atoms with Crippen LogP contribution in [0.2, 0.25) is 0 Å². The van der Waals surface area contributed by atoms with E-state index in [1.54, 1.807) is 23.8 Å². The lowest BCUT2D eigenvalue weighted by Gasteiger charge is -2.32. The van der Waals surface area contributed by atoms with Crippen molar-refractivity contribution in [1.29, 1.82) is 0 Å². The van der Waals surface area contributed by atoms with Crippen molar-refractivity contribution >= 4 is 23.3 Å². The predicted octanol–water partition coefficient (Wildman–Crippen LogP) is 4.27. The highest BCUT2D eigenvalue weighted by Crippen LogP contribution is 2.28. The average Bonchev–Trinajstić information content (AvgIpc) is 3.48. The monoisotopic (exact) mass is 438 g/mol. The van der Waals surface area contributed by atoms with E-state index in [1.165, 1.54) is 11.3 Å². The number of aromatic nitrogens is 2. The third-order valence-electron chi connectivity index (χ3n) is 5.62. The minimum absolute atomic E-state index is 0.134. The highest BCUT2D eigenvalue weighted by Gasteiger charge is 2.35. The number of carbonyl (C=O) groups is 2. The van der Waals surface area contributed by atoms with Crippen molar-refractivity contribution in [3.8, 4) is 0 Å². The summed E-state index contributed by atoms with van der Waals surface area (Å²) < 4.78 is 9.34. The molecule has 4 rings (SSSR count). The van der Waals surface area contributed by atoms with Crippen LogP contribution in [0, 0.1) is 6.92 Å². The highest BCUT2D eigenvalue weighted by atomic mass is 32.1. The molecule has 1 aromatic carbocycles. The summed E-state index contributed by atoms with van der Waals surface area (Å²) in [5, 5.41) is 8.75. The lowest BCUT2D eigenvalue weighted by atomic mass is 9.94. The molecule has 31 heavy (non-hydrogen) atoms. The van der Waals surface area contributed by atoms with E-state index in [2.05, 4.69) is 14.9 Å². The molecule has 1 fully saturated rings. The van der Waals surface area contributed by atoms with Gasteiger partial charge >= 0.3 is 0 Å². The van der Waals surface area contributed by atoms with Gasteiger partial charge in [-0.15, -0.1) is 5.10 Å². The van der Waals surface area contributed by atoms with Crippen LogP contribution in [0.5, 0.6) is 0 Å². The lowest BCUT2D eigenvalue weighted by molar-refractivity contribution is -0.127. The van der Waals surface area contributed by atoms with E-state index in [0.717, 1.165) is 48.3 Å². The zero-order valence-corrected chi connectivity index (χ0v) is 18.3. The van der Waals surface area contributed by atoms with Gasteiger partial charge in [0, 0.05) is 11.4 Å². The fourth-order valence-corrected chi connectivity index (χ4v) is 4.53. The summed E-state index contributed by atoms with van der Waals surface area (Å²) in [6, 6.07) is 10.6. The second kappa shape index (κ2) is 9.87. The van der Waals surface area contributed by atoms with Crippen LogP contribution in [0.3, 0.4) is 0 Å². The molecule has 1 unspecified atom stereocenters. The molecule has 1 aliphatic rings. The Labute approximate surface area is 185 Å². The number of carbonyl (C=O) groups excluding carboxylic acids is 2. The fourth-order valence-electron chi connectivity index (χ4n) is 4.10. The molecule has 0 aliphatic heterocycles. The molecule has 3 aromatic rings. The average molecular weight is 439 g/mol. The third-order valence-corrected chi connectivity index (χ3v) is 6.12. The first kappa shape index (κ1) is 21.2. The summed E-state index contributed by atoms with van der Waals surface area (Å²) in [5.41, 5.74) is 2.00. The van der Waals surface area contributed by atoms with Crippen molar-refractivity contribution < 1.29 is 14.0 Å². The van der Waals surface area contributed by atoms with Crippen LogP contribution in [-0.4, -0.2) is 32.3 Å². The highest BCUT2D eigenvalue weighted by molar-refractivity contribution is 7.03. The van der Waals surface area contributed by atoms with Gasteiger partial charge in [-0.2, -0.15) is 0 Å². The molecular formula is C23H26N4O3S. The van der Waals surface area contributed by atoms with Gasteiger partial charge in [-0.3, -0.25) is 9.59 Å². The molecule has 7 nitrogen and oxygen atoms in total. The van der Waals surface area contributed by atoms with E-state index in [9.17, 15) is 9.59 Å². The first-order chi connectivity index (χ1) is 15.1. The van der Waals surface area contributed by atoms with E-state index in [1.807, 2.05) is 31.2 Å². The van der Waals surface area contributed by atoms with Crippen LogP contribution < -0.4 is 5.32 Å². The maximum atomic E-state index is 13.6. The Morgan fingerprint density at radius 2 is 2.06 bits per heavy atom. The Morgan fingerprint density at radius 3 is 2.74 bits per heavy atom. The number of nitrogens with zero attached hydrogens (tertiary/aromatic N) is 3. The summed E-state index contributed by atoms with van der Waals surface area (Å²) in [6.07, 6.45) is 6.92. The van der Waals surface area contributed by atoms with Crippen LogP contribution in [0.1, 0.15) is 65.5 Å². The van der Waals surface area contributed by atoms with Gasteiger partial charge in [-0.25, -0.2) is 0 Å². The smallest absolute Gasteiger partial charge is 0.276 e. The summed E-state index contributed by atoms with van der Waals surface area (Å²) in [7, 11) is 0. The van der Waals surface area contributed by atoms with E-state index in [0.29, 0.717) is 5.76 Å². The minimum Gasteiger partial charge on any atom is -0.467 e. The maximum absolute atomic E-state index is 13.6. The Kier molecular flexibility index (Phi) is 6.76. The summed E-state index contributed by atoms with van der Waals surface area (Å²) in [5.74, 6) is 0.0655. The molecular weight excluding hydrogens is 412 g/mol. The molecule has 1 N–H and O–H groups in total. The van der Waals surface area contributed by atoms with Crippen molar-refractivity contribution in [2.24, 2.45) is 0 Å². The van der Waals surface area contributed by atoms with Gasteiger partial charge in [-0.05, 0) is 49.0 Å². The second-order valence-electron chi connectivity index (χ2n) is 7.96. The zero-order chi connectivity index (χ0) is 21.6. The van der Waals surface area contributed by atoms with E-state index in [-0.39, 0.29) is 30.1 Å². The first-order valence-electron chi connectivity index (χ1n) is 10.6. The summed E-state index contributed by atoms with van der Waals surface area (Å²) in [6.45, 7) is 2.13. The van der Waals surface area contributed by atoms with Gasteiger partial charge in [0.25, 0.3) is 5.91 Å². The molecule has 0 radical (unpaired) electrons. The molecule has 0 spiro atoms. The standard InChI is InChI=1S/C23H26N4O3S/c1-16-7-5-8-17(13-16)21(22(28)24-18-9-3-2-4-10-18)27(14-19-11-6-12-30-19)23(29)20-15-31-26-25-20/h5-8,11-13,15,18,21H,2-4,9-10,14H2,1H3,(H,24,28). The number of nitrogens with one attached hydrogen (secondary N) is 1. The molecule has 2 amide bonds. The van der Waals surface area contributed by atoms with Crippen LogP contribution in [0.25, 0.3) is 0 Å². The van der Waals surface area contributed by atoms with Gasteiger partial charge in [0.1, 0.15) is 11.8 Å². The SMILES string of the molecule is Cc1cccc(C(C(=O)NC2CCCCC2)N(Cc2ccco2)C(=O)c2csnn2)c1. The van der Waals surface area contributed by atoms with Crippen LogP contribution in [0.15, 0.2) is 52.5 Å². The topological polar surface area (TPSA) is 88.3 Å². The van der Waals surface area contributed by atoms with Crippen LogP contribution in [0.4, 0.5) is 0 Å². The number of rotatable bonds is 7. The number of aryl methyl sites for hydroxylation is 1. The van der Waals surface area contributed by atoms with Gasteiger partial charge in [-0.1, -0.05) is 53.6 Å². The molecule has 162 valence electrons. The van der Waals surface area contributed by atoms with Gasteiger partial charge in [0.05, 0.1) is 12.8 Å². The lowest BCUT2D eigenvalue weighted by Crippen LogP contribution is -2.47. The maximum Gasteiger partial charge on any atom is 0.276 e. The Morgan fingerprint density at radius 1 is 1.23 bits per heavy atom. The van der Waals surface area contributed by atoms with Gasteiger partial charge in [0.15, 0.2) is 5.69 Å². The van der Waals surface area contributed by atoms with Crippen LogP contribution in [-0.2, 0) is 11.3 Å². The molecule has 1 aliphatic carbocycles. The molecule has 2 heterocycles.